The quantitative estimate of drug-likeness (QED) is 0.791. The predicted octanol–water partition coefficient (Wildman–Crippen LogP) is -0.457. The minimum absolute atomic E-state index is 0.0895. The zero-order valence-electron chi connectivity index (χ0n) is 9.78. The maximum atomic E-state index is 11.3. The van der Waals surface area contributed by atoms with Crippen LogP contribution >= 0.6 is 0 Å². The monoisotopic (exact) mass is 259 g/mol. The summed E-state index contributed by atoms with van der Waals surface area (Å²) in [6, 6.07) is 0. The van der Waals surface area contributed by atoms with Gasteiger partial charge in [-0.1, -0.05) is 5.21 Å². The van der Waals surface area contributed by atoms with Crippen LogP contribution < -0.4 is 0 Å². The van der Waals surface area contributed by atoms with E-state index in [1.54, 1.807) is 17.9 Å². The van der Waals surface area contributed by atoms with Crippen LogP contribution in [0.15, 0.2) is 6.20 Å². The van der Waals surface area contributed by atoms with Crippen LogP contribution in [0.5, 0.6) is 0 Å². The lowest BCUT2D eigenvalue weighted by Crippen LogP contribution is -2.17. The van der Waals surface area contributed by atoms with Gasteiger partial charge >= 0.3 is 0 Å². The smallest absolute Gasteiger partial charge is 0.150 e. The Hall–Kier alpha value is -0.950. The number of sulfone groups is 1. The molecule has 2 unspecified atom stereocenters. The van der Waals surface area contributed by atoms with Crippen LogP contribution in [0.1, 0.15) is 18.5 Å². The molecule has 1 aliphatic heterocycles. The summed E-state index contributed by atoms with van der Waals surface area (Å²) < 4.78 is 24.1. The Morgan fingerprint density at radius 2 is 2.41 bits per heavy atom. The molecule has 0 radical (unpaired) electrons. The second-order valence-corrected chi connectivity index (χ2v) is 6.97. The summed E-state index contributed by atoms with van der Waals surface area (Å²) in [6.45, 7) is 0. The van der Waals surface area contributed by atoms with Gasteiger partial charge in [0.25, 0.3) is 0 Å². The molecule has 0 aliphatic carbocycles. The van der Waals surface area contributed by atoms with Crippen LogP contribution in [-0.2, 0) is 23.3 Å². The van der Waals surface area contributed by atoms with E-state index in [4.69, 9.17) is 0 Å². The summed E-state index contributed by atoms with van der Waals surface area (Å²) in [7, 11) is -1.08. The molecule has 96 valence electrons. The molecule has 1 N–H and O–H groups in total. The largest absolute Gasteiger partial charge is 0.393 e. The van der Waals surface area contributed by atoms with E-state index in [2.05, 4.69) is 10.3 Å². The second-order valence-electron chi connectivity index (χ2n) is 4.75. The van der Waals surface area contributed by atoms with Crippen molar-refractivity contribution >= 4 is 9.84 Å². The Morgan fingerprint density at radius 3 is 2.94 bits per heavy atom. The van der Waals surface area contributed by atoms with Crippen molar-refractivity contribution in [3.8, 4) is 0 Å². The van der Waals surface area contributed by atoms with E-state index in [0.29, 0.717) is 19.3 Å². The molecule has 6 nitrogen and oxygen atoms in total. The highest BCUT2D eigenvalue weighted by molar-refractivity contribution is 7.91. The summed E-state index contributed by atoms with van der Waals surface area (Å²) in [5.74, 6) is 0.562. The van der Waals surface area contributed by atoms with Crippen molar-refractivity contribution in [1.29, 1.82) is 0 Å². The SMILES string of the molecule is Cn1cc(CC(O)CC2CCS(=O)(=O)C2)nn1. The van der Waals surface area contributed by atoms with Crippen LogP contribution in [0, 0.1) is 5.92 Å². The molecule has 7 heteroatoms. The highest BCUT2D eigenvalue weighted by Gasteiger charge is 2.29. The van der Waals surface area contributed by atoms with Crippen LogP contribution in [0.25, 0.3) is 0 Å². The van der Waals surface area contributed by atoms with Gasteiger partial charge in [-0.2, -0.15) is 0 Å². The molecule has 1 fully saturated rings. The van der Waals surface area contributed by atoms with Crippen LogP contribution in [0.3, 0.4) is 0 Å². The lowest BCUT2D eigenvalue weighted by Gasteiger charge is -2.12. The minimum Gasteiger partial charge on any atom is -0.393 e. The third kappa shape index (κ3) is 3.50. The molecule has 2 rings (SSSR count). The molecule has 1 aromatic heterocycles. The average Bonchev–Trinajstić information content (AvgIpc) is 2.73. The highest BCUT2D eigenvalue weighted by Crippen LogP contribution is 2.23. The van der Waals surface area contributed by atoms with E-state index in [9.17, 15) is 13.5 Å². The van der Waals surface area contributed by atoms with Gasteiger partial charge in [-0.15, -0.1) is 5.10 Å². The number of aryl methyl sites for hydroxylation is 1. The molecule has 2 heterocycles. The predicted molar refractivity (Wildman–Crippen MR) is 62.1 cm³/mol. The molecule has 0 aromatic carbocycles. The molecule has 2 atom stereocenters. The lowest BCUT2D eigenvalue weighted by atomic mass is 9.99. The number of aliphatic hydroxyl groups is 1. The van der Waals surface area contributed by atoms with Crippen molar-refractivity contribution in [2.45, 2.75) is 25.4 Å². The summed E-state index contributed by atoms with van der Waals surface area (Å²) >= 11 is 0. The van der Waals surface area contributed by atoms with Gasteiger partial charge in [0.15, 0.2) is 9.84 Å². The molecule has 0 saturated carbocycles. The third-order valence-electron chi connectivity index (χ3n) is 3.03. The first-order valence-corrected chi connectivity index (χ1v) is 7.50. The van der Waals surface area contributed by atoms with Crippen LogP contribution in [0.2, 0.25) is 0 Å². The number of aromatic nitrogens is 3. The molecular formula is C10H17N3O3S. The highest BCUT2D eigenvalue weighted by atomic mass is 32.2. The third-order valence-corrected chi connectivity index (χ3v) is 4.86. The molecule has 1 aliphatic rings. The summed E-state index contributed by atoms with van der Waals surface area (Å²) in [5.41, 5.74) is 0.737. The molecule has 0 bridgehead atoms. The first-order chi connectivity index (χ1) is 7.94. The van der Waals surface area contributed by atoms with Gasteiger partial charge in [-0.05, 0) is 18.8 Å². The van der Waals surface area contributed by atoms with E-state index >= 15 is 0 Å². The minimum atomic E-state index is -2.85. The van der Waals surface area contributed by atoms with E-state index in [1.165, 1.54) is 0 Å². The van der Waals surface area contributed by atoms with Crippen molar-refractivity contribution < 1.29 is 13.5 Å². The Morgan fingerprint density at radius 1 is 1.65 bits per heavy atom. The van der Waals surface area contributed by atoms with Crippen molar-refractivity contribution in [3.63, 3.8) is 0 Å². The van der Waals surface area contributed by atoms with Gasteiger partial charge in [0.1, 0.15) is 0 Å². The van der Waals surface area contributed by atoms with Crippen molar-refractivity contribution in [2.75, 3.05) is 11.5 Å². The first kappa shape index (κ1) is 12.5. The number of aliphatic hydroxyl groups excluding tert-OH is 1. The zero-order chi connectivity index (χ0) is 12.5. The molecule has 1 saturated heterocycles. The topological polar surface area (TPSA) is 85.1 Å². The first-order valence-electron chi connectivity index (χ1n) is 5.68. The van der Waals surface area contributed by atoms with Crippen molar-refractivity contribution in [2.24, 2.45) is 13.0 Å². The van der Waals surface area contributed by atoms with Gasteiger partial charge in [0, 0.05) is 19.7 Å². The van der Waals surface area contributed by atoms with E-state index < -0.39 is 15.9 Å². The maximum absolute atomic E-state index is 11.3. The Labute approximate surface area is 101 Å². The fourth-order valence-corrected chi connectivity index (χ4v) is 4.14. The summed E-state index contributed by atoms with van der Waals surface area (Å²) in [5, 5.41) is 17.5. The van der Waals surface area contributed by atoms with E-state index in [-0.39, 0.29) is 17.4 Å². The Kier molecular flexibility index (Phi) is 3.48. The maximum Gasteiger partial charge on any atom is 0.150 e. The van der Waals surface area contributed by atoms with Gasteiger partial charge < -0.3 is 5.11 Å². The number of nitrogens with zero attached hydrogens (tertiary/aromatic N) is 3. The van der Waals surface area contributed by atoms with Gasteiger partial charge in [0.05, 0.1) is 23.3 Å². The molecular weight excluding hydrogens is 242 g/mol. The average molecular weight is 259 g/mol. The zero-order valence-corrected chi connectivity index (χ0v) is 10.6. The fourth-order valence-electron chi connectivity index (χ4n) is 2.26. The molecule has 0 spiro atoms. The van der Waals surface area contributed by atoms with E-state index in [1.807, 2.05) is 0 Å². The molecule has 1 aromatic rings. The number of hydrogen-bond acceptors (Lipinski definition) is 5. The van der Waals surface area contributed by atoms with Crippen molar-refractivity contribution in [3.05, 3.63) is 11.9 Å². The number of hydrogen-bond donors (Lipinski definition) is 1. The summed E-state index contributed by atoms with van der Waals surface area (Å²) in [6.07, 6.45) is 2.85. The summed E-state index contributed by atoms with van der Waals surface area (Å²) in [4.78, 5) is 0. The van der Waals surface area contributed by atoms with Crippen LogP contribution in [0.4, 0.5) is 0 Å². The molecule has 17 heavy (non-hydrogen) atoms. The number of rotatable bonds is 4. The Bertz CT molecular complexity index is 483. The van der Waals surface area contributed by atoms with Crippen LogP contribution in [-0.4, -0.2) is 46.1 Å². The normalized spacial score (nSPS) is 24.9. The van der Waals surface area contributed by atoms with Gasteiger partial charge in [0.2, 0.25) is 0 Å². The van der Waals surface area contributed by atoms with Gasteiger partial charge in [-0.25, -0.2) is 8.42 Å². The molecule has 0 amide bonds. The fraction of sp³-hybridized carbons (Fsp3) is 0.800. The second kappa shape index (κ2) is 4.73. The Balaban J connectivity index is 1.84. The lowest BCUT2D eigenvalue weighted by molar-refractivity contribution is 0.146. The van der Waals surface area contributed by atoms with Gasteiger partial charge in [-0.3, -0.25) is 4.68 Å². The van der Waals surface area contributed by atoms with E-state index in [0.717, 1.165) is 5.69 Å². The standard InChI is InChI=1S/C10H17N3O3S/c1-13-6-9(11-12-13)5-10(14)4-8-2-3-17(15,16)7-8/h6,8,10,14H,2-5,7H2,1H3. The van der Waals surface area contributed by atoms with Crippen molar-refractivity contribution in [1.82, 2.24) is 15.0 Å².